The molecule has 312 valence electrons. The van der Waals surface area contributed by atoms with Gasteiger partial charge in [-0.15, -0.1) is 0 Å². The number of nitrogens with zero attached hydrogens (tertiary/aromatic N) is 2. The number of nitriles is 2. The van der Waals surface area contributed by atoms with Crippen LogP contribution in [-0.4, -0.2) is 52.7 Å². The molecule has 60 heavy (non-hydrogen) atoms. The number of aliphatic hydroxyl groups is 2. The van der Waals surface area contributed by atoms with Crippen molar-refractivity contribution in [2.24, 2.45) is 17.3 Å². The summed E-state index contributed by atoms with van der Waals surface area (Å²) in [6.45, 7) is 2.48. The van der Waals surface area contributed by atoms with Crippen LogP contribution in [0.15, 0.2) is 66.7 Å². The van der Waals surface area contributed by atoms with Crippen molar-refractivity contribution in [2.75, 3.05) is 13.2 Å². The Balaban J connectivity index is 0.971. The fraction of sp³-hybridized carbons (Fsp3) is 0.449. The number of rotatable bonds is 17. The molecule has 4 aromatic rings. The SMILES string of the molecule is Cc1c(OCCCC2CC23CCC(O)CC3)cccc1-c1cccc2c1CCC2Oc1cc(OCc2cc(C#N)cc(C#N)c2)c(CC2N[C@@H]2C[C@@H](CO)C(=O)O)cc1Cl. The van der Waals surface area contributed by atoms with Crippen LogP contribution < -0.4 is 19.5 Å². The average Bonchev–Trinajstić information content (AvgIpc) is 4.12. The first kappa shape index (κ1) is 41.6. The Morgan fingerprint density at radius 1 is 0.950 bits per heavy atom. The third-order valence-corrected chi connectivity index (χ3v) is 13.7. The topological polar surface area (TPSA) is 175 Å². The molecular formula is C49H52ClN3O7. The first-order chi connectivity index (χ1) is 29.1. The number of ether oxygens (including phenoxy) is 3. The molecule has 0 bridgehead atoms. The second-order valence-electron chi connectivity index (χ2n) is 17.3. The number of nitrogens with one attached hydrogen (secondary N) is 1. The van der Waals surface area contributed by atoms with Gasteiger partial charge in [-0.25, -0.2) is 0 Å². The van der Waals surface area contributed by atoms with Crippen LogP contribution in [0.3, 0.4) is 0 Å². The van der Waals surface area contributed by atoms with E-state index in [0.717, 1.165) is 66.0 Å². The minimum absolute atomic E-state index is 0.0312. The number of carboxylic acid groups (broad SMARTS) is 1. The predicted octanol–water partition coefficient (Wildman–Crippen LogP) is 8.77. The number of carbonyl (C=O) groups is 1. The van der Waals surface area contributed by atoms with Crippen molar-refractivity contribution < 1.29 is 34.3 Å². The number of aliphatic hydroxyl groups excluding tert-OH is 2. The van der Waals surface area contributed by atoms with E-state index in [4.69, 9.17) is 25.8 Å². The van der Waals surface area contributed by atoms with Gasteiger partial charge >= 0.3 is 5.97 Å². The molecule has 11 heteroatoms. The Bertz CT molecular complexity index is 2290. The van der Waals surface area contributed by atoms with Crippen LogP contribution in [-0.2, 0) is 24.2 Å². The molecule has 0 amide bonds. The normalized spacial score (nSPS) is 24.2. The van der Waals surface area contributed by atoms with Crippen LogP contribution in [0.1, 0.15) is 103 Å². The van der Waals surface area contributed by atoms with Crippen LogP contribution >= 0.6 is 11.6 Å². The first-order valence-electron chi connectivity index (χ1n) is 21.3. The summed E-state index contributed by atoms with van der Waals surface area (Å²) in [6.07, 6.45) is 9.79. The lowest BCUT2D eigenvalue weighted by Crippen LogP contribution is -2.20. The van der Waals surface area contributed by atoms with Crippen molar-refractivity contribution in [3.8, 4) is 40.5 Å². The van der Waals surface area contributed by atoms with Crippen molar-refractivity contribution in [2.45, 2.75) is 108 Å². The molecule has 0 radical (unpaired) electrons. The number of halogens is 1. The van der Waals surface area contributed by atoms with Gasteiger partial charge in [-0.05, 0) is 158 Å². The highest BCUT2D eigenvalue weighted by molar-refractivity contribution is 6.32. The molecule has 4 aromatic carbocycles. The zero-order chi connectivity index (χ0) is 42.0. The molecule has 10 nitrogen and oxygen atoms in total. The molecule has 3 unspecified atom stereocenters. The maximum Gasteiger partial charge on any atom is 0.308 e. The molecule has 2 saturated carbocycles. The van der Waals surface area contributed by atoms with Gasteiger partial charge in [0.15, 0.2) is 0 Å². The summed E-state index contributed by atoms with van der Waals surface area (Å²) in [7, 11) is 0. The molecule has 0 aromatic heterocycles. The van der Waals surface area contributed by atoms with E-state index in [2.05, 4.69) is 60.8 Å². The number of hydrogen-bond acceptors (Lipinski definition) is 9. The number of carboxylic acids is 1. The van der Waals surface area contributed by atoms with Crippen LogP contribution in [0.5, 0.6) is 17.2 Å². The highest BCUT2D eigenvalue weighted by Gasteiger charge is 2.53. The van der Waals surface area contributed by atoms with Gasteiger partial charge in [-0.1, -0.05) is 41.9 Å². The maximum atomic E-state index is 11.6. The lowest BCUT2D eigenvalue weighted by atomic mass is 9.82. The Morgan fingerprint density at radius 3 is 2.43 bits per heavy atom. The molecule has 4 N–H and O–H groups in total. The summed E-state index contributed by atoms with van der Waals surface area (Å²) in [4.78, 5) is 11.6. The van der Waals surface area contributed by atoms with Gasteiger partial charge in [-0.3, -0.25) is 4.79 Å². The van der Waals surface area contributed by atoms with Gasteiger partial charge in [0.1, 0.15) is 30.0 Å². The van der Waals surface area contributed by atoms with Crippen LogP contribution in [0, 0.1) is 46.8 Å². The minimum atomic E-state index is -1.03. The Morgan fingerprint density at radius 2 is 1.70 bits per heavy atom. The van der Waals surface area contributed by atoms with E-state index in [1.54, 1.807) is 18.2 Å². The monoisotopic (exact) mass is 829 g/mol. The van der Waals surface area contributed by atoms with Crippen molar-refractivity contribution in [3.63, 3.8) is 0 Å². The second kappa shape index (κ2) is 17.9. The van der Waals surface area contributed by atoms with Gasteiger partial charge in [0.2, 0.25) is 0 Å². The zero-order valence-electron chi connectivity index (χ0n) is 34.0. The van der Waals surface area contributed by atoms with Crippen LogP contribution in [0.4, 0.5) is 0 Å². The molecule has 1 saturated heterocycles. The Kier molecular flexibility index (Phi) is 12.4. The van der Waals surface area contributed by atoms with Gasteiger partial charge < -0.3 is 34.8 Å². The third-order valence-electron chi connectivity index (χ3n) is 13.4. The standard InChI is InChI=1S/C49H52ClN3O7/c1-29-37(6-3-9-44(29)58-16-4-5-35-24-49(35)14-12-36(55)13-15-49)38-7-2-8-40-39(38)10-11-45(40)60-47-23-46(59-28-32-18-30(25-51)17-31(19-32)26-52)33(20-41(47)50)21-42-43(53-42)22-34(27-54)48(56)57/h2-3,6-9,17-20,23,34-36,42-43,45,53-55H,4-5,10-16,21-22,24,27-28H2,1H3,(H,56,57)/t34-,35?,36?,42?,43+,45?,49?/m0/s1. The van der Waals surface area contributed by atoms with E-state index in [-0.39, 0.29) is 30.9 Å². The van der Waals surface area contributed by atoms with E-state index in [1.165, 1.54) is 42.9 Å². The number of benzene rings is 4. The lowest BCUT2D eigenvalue weighted by Gasteiger charge is -2.26. The summed E-state index contributed by atoms with van der Waals surface area (Å²) in [6, 6.07) is 25.3. The molecule has 8 rings (SSSR count). The summed E-state index contributed by atoms with van der Waals surface area (Å²) in [5, 5.41) is 51.8. The second-order valence-corrected chi connectivity index (χ2v) is 17.7. The summed E-state index contributed by atoms with van der Waals surface area (Å²) >= 11 is 6.97. The Labute approximate surface area is 356 Å². The quantitative estimate of drug-likeness (QED) is 0.0595. The van der Waals surface area contributed by atoms with Gasteiger partial charge in [0.05, 0.1) is 53.5 Å². The molecule has 5 atom stereocenters. The highest BCUT2D eigenvalue weighted by atomic mass is 35.5. The summed E-state index contributed by atoms with van der Waals surface area (Å²) in [5.41, 5.74) is 8.45. The van der Waals surface area contributed by atoms with Crippen molar-refractivity contribution in [1.82, 2.24) is 5.32 Å². The molecular weight excluding hydrogens is 778 g/mol. The molecule has 3 aliphatic carbocycles. The van der Waals surface area contributed by atoms with Crippen LogP contribution in [0.25, 0.3) is 11.1 Å². The molecule has 1 spiro atoms. The molecule has 3 fully saturated rings. The van der Waals surface area contributed by atoms with E-state index in [1.807, 2.05) is 6.07 Å². The number of hydrogen-bond donors (Lipinski definition) is 4. The van der Waals surface area contributed by atoms with E-state index >= 15 is 0 Å². The first-order valence-corrected chi connectivity index (χ1v) is 21.6. The third kappa shape index (κ3) is 9.13. The highest BCUT2D eigenvalue weighted by Crippen LogP contribution is 2.63. The molecule has 4 aliphatic rings. The average molecular weight is 830 g/mol. The zero-order valence-corrected chi connectivity index (χ0v) is 34.7. The van der Waals surface area contributed by atoms with Gasteiger partial charge in [-0.2, -0.15) is 10.5 Å². The van der Waals surface area contributed by atoms with Crippen LogP contribution in [0.2, 0.25) is 5.02 Å². The maximum absolute atomic E-state index is 11.6. The number of fused-ring (bicyclic) bond motifs is 1. The summed E-state index contributed by atoms with van der Waals surface area (Å²) in [5.74, 6) is 0.802. The van der Waals surface area contributed by atoms with Gasteiger partial charge in [0.25, 0.3) is 0 Å². The smallest absolute Gasteiger partial charge is 0.308 e. The minimum Gasteiger partial charge on any atom is -0.493 e. The molecule has 1 aliphatic heterocycles. The fourth-order valence-electron chi connectivity index (χ4n) is 9.82. The van der Waals surface area contributed by atoms with Crippen molar-refractivity contribution in [1.29, 1.82) is 10.5 Å². The van der Waals surface area contributed by atoms with E-state index < -0.39 is 18.5 Å². The summed E-state index contributed by atoms with van der Waals surface area (Å²) < 4.78 is 19.5. The Hall–Kier alpha value is -5.10. The lowest BCUT2D eigenvalue weighted by molar-refractivity contribution is -0.143. The number of aliphatic carboxylic acids is 1. The van der Waals surface area contributed by atoms with Gasteiger partial charge in [0, 0.05) is 18.2 Å². The van der Waals surface area contributed by atoms with E-state index in [0.29, 0.717) is 58.1 Å². The predicted molar refractivity (Wildman–Crippen MR) is 227 cm³/mol. The van der Waals surface area contributed by atoms with E-state index in [9.17, 15) is 30.6 Å². The molecule has 1 heterocycles. The fourth-order valence-corrected chi connectivity index (χ4v) is 10.1. The largest absolute Gasteiger partial charge is 0.493 e. The van der Waals surface area contributed by atoms with Crippen molar-refractivity contribution >= 4 is 17.6 Å². The van der Waals surface area contributed by atoms with Crippen molar-refractivity contribution in [3.05, 3.63) is 111 Å².